The highest BCUT2D eigenvalue weighted by Crippen LogP contribution is 2.38. The number of aromatic nitrogens is 1. The molecule has 0 radical (unpaired) electrons. The van der Waals surface area contributed by atoms with Gasteiger partial charge in [-0.1, -0.05) is 0 Å². The Hall–Kier alpha value is -1.92. The molecule has 0 spiro atoms. The Morgan fingerprint density at radius 2 is 2.04 bits per heavy atom. The molecule has 2 aliphatic rings. The molecule has 2 heterocycles. The number of carbonyl (C=O) groups excluding carboxylic acids is 1. The van der Waals surface area contributed by atoms with Crippen molar-refractivity contribution in [1.82, 2.24) is 9.88 Å². The number of H-pyrrole nitrogens is 1. The minimum Gasteiger partial charge on any atom is -0.338 e. The molecule has 3 unspecified atom stereocenters. The lowest BCUT2D eigenvalue weighted by Gasteiger charge is -2.19. The smallest absolute Gasteiger partial charge is 0.254 e. The second-order valence-corrected chi connectivity index (χ2v) is 7.09. The van der Waals surface area contributed by atoms with E-state index in [0.717, 1.165) is 12.8 Å². The zero-order valence-corrected chi connectivity index (χ0v) is 14.7. The number of halogens is 2. The van der Waals surface area contributed by atoms with Crippen LogP contribution in [0.1, 0.15) is 28.8 Å². The third-order valence-corrected chi connectivity index (χ3v) is 5.48. The highest BCUT2D eigenvalue weighted by Gasteiger charge is 2.42. The quantitative estimate of drug-likeness (QED) is 0.813. The molecule has 1 amide bonds. The van der Waals surface area contributed by atoms with E-state index in [1.807, 2.05) is 0 Å². The summed E-state index contributed by atoms with van der Waals surface area (Å²) in [6.45, 7) is 3.05. The summed E-state index contributed by atoms with van der Waals surface area (Å²) in [5.74, 6) is 0.0473. The van der Waals surface area contributed by atoms with Gasteiger partial charge in [-0.05, 0) is 49.3 Å². The molecule has 1 aromatic carbocycles. The van der Waals surface area contributed by atoms with E-state index in [2.05, 4.69) is 4.98 Å². The van der Waals surface area contributed by atoms with Gasteiger partial charge in [0.15, 0.2) is 0 Å². The summed E-state index contributed by atoms with van der Waals surface area (Å²) in [5, 5.41) is 0.457. The van der Waals surface area contributed by atoms with Crippen molar-refractivity contribution in [3.8, 4) is 0 Å². The average molecular weight is 366 g/mol. The molecule has 7 heteroatoms. The molecule has 1 aliphatic carbocycles. The number of pyridine rings is 1. The van der Waals surface area contributed by atoms with E-state index < -0.39 is 11.4 Å². The molecule has 3 N–H and O–H groups in total. The number of carbonyl (C=O) groups is 1. The van der Waals surface area contributed by atoms with Gasteiger partial charge in [0.25, 0.3) is 5.91 Å². The first kappa shape index (κ1) is 17.9. The average Bonchev–Trinajstić information content (AvgIpc) is 3.09. The molecule has 4 rings (SSSR count). The molecule has 25 heavy (non-hydrogen) atoms. The van der Waals surface area contributed by atoms with Crippen molar-refractivity contribution in [1.29, 1.82) is 0 Å². The lowest BCUT2D eigenvalue weighted by molar-refractivity contribution is 0.0781. The fraction of sp³-hybridized carbons (Fsp3) is 0.444. The van der Waals surface area contributed by atoms with Gasteiger partial charge in [0.2, 0.25) is 5.56 Å². The third-order valence-electron chi connectivity index (χ3n) is 5.48. The van der Waals surface area contributed by atoms with Crippen molar-refractivity contribution in [2.45, 2.75) is 25.8 Å². The van der Waals surface area contributed by atoms with Crippen molar-refractivity contribution in [3.63, 3.8) is 0 Å². The number of nitrogens with one attached hydrogen (secondary N) is 1. The molecule has 134 valence electrons. The second kappa shape index (κ2) is 6.42. The van der Waals surface area contributed by atoms with Gasteiger partial charge in [0.1, 0.15) is 5.82 Å². The van der Waals surface area contributed by atoms with Crippen molar-refractivity contribution in [2.24, 2.45) is 17.6 Å². The summed E-state index contributed by atoms with van der Waals surface area (Å²) in [6, 6.07) is 4.51. The van der Waals surface area contributed by atoms with Crippen LogP contribution in [0.25, 0.3) is 10.9 Å². The normalized spacial score (nSPS) is 25.1. The maximum atomic E-state index is 14.2. The first-order valence-electron chi connectivity index (χ1n) is 8.32. The van der Waals surface area contributed by atoms with Gasteiger partial charge in [0, 0.05) is 30.6 Å². The standard InChI is InChI=1S/C18H20FN3O2.ClH/c1-9-4-11-12(6-16(23)21-17(11)14(19)5-9)18(24)22-7-10-2-3-15(20)13(10)8-22;/h4-6,10,13,15H,2-3,7-8,20H2,1H3,(H,21,23);1H. The van der Waals surface area contributed by atoms with Crippen LogP contribution in [0.2, 0.25) is 0 Å². The van der Waals surface area contributed by atoms with Crippen LogP contribution in [0.5, 0.6) is 0 Å². The topological polar surface area (TPSA) is 79.2 Å². The predicted molar refractivity (Wildman–Crippen MR) is 96.6 cm³/mol. The Morgan fingerprint density at radius 3 is 2.76 bits per heavy atom. The van der Waals surface area contributed by atoms with Crippen molar-refractivity contribution in [3.05, 3.63) is 45.5 Å². The maximum Gasteiger partial charge on any atom is 0.254 e. The zero-order valence-electron chi connectivity index (χ0n) is 13.9. The summed E-state index contributed by atoms with van der Waals surface area (Å²) >= 11 is 0. The molecule has 1 saturated carbocycles. The molecule has 5 nitrogen and oxygen atoms in total. The number of rotatable bonds is 1. The van der Waals surface area contributed by atoms with Gasteiger partial charge in [-0.2, -0.15) is 0 Å². The zero-order chi connectivity index (χ0) is 17.0. The lowest BCUT2D eigenvalue weighted by Crippen LogP contribution is -2.34. The van der Waals surface area contributed by atoms with E-state index in [1.165, 1.54) is 12.1 Å². The molecular weight excluding hydrogens is 345 g/mol. The molecule has 1 aromatic heterocycles. The number of benzene rings is 1. The van der Waals surface area contributed by atoms with Crippen LogP contribution in [0.3, 0.4) is 0 Å². The maximum absolute atomic E-state index is 14.2. The number of likely N-dealkylation sites (tertiary alicyclic amines) is 1. The largest absolute Gasteiger partial charge is 0.338 e. The van der Waals surface area contributed by atoms with Gasteiger partial charge in [-0.25, -0.2) is 4.39 Å². The molecule has 1 aliphatic heterocycles. The highest BCUT2D eigenvalue weighted by molar-refractivity contribution is 6.06. The third kappa shape index (κ3) is 2.93. The van der Waals surface area contributed by atoms with Crippen molar-refractivity contribution < 1.29 is 9.18 Å². The van der Waals surface area contributed by atoms with Crippen molar-refractivity contribution in [2.75, 3.05) is 13.1 Å². The van der Waals surface area contributed by atoms with Gasteiger partial charge < -0.3 is 15.6 Å². The number of nitrogens with zero attached hydrogens (tertiary/aromatic N) is 1. The molecular formula is C18H21ClFN3O2. The lowest BCUT2D eigenvalue weighted by atomic mass is 9.98. The highest BCUT2D eigenvalue weighted by atomic mass is 35.5. The Balaban J connectivity index is 0.00000182. The van der Waals surface area contributed by atoms with Crippen LogP contribution < -0.4 is 11.3 Å². The van der Waals surface area contributed by atoms with E-state index in [9.17, 15) is 14.0 Å². The van der Waals surface area contributed by atoms with Crippen molar-refractivity contribution >= 4 is 29.2 Å². The predicted octanol–water partition coefficient (Wildman–Crippen LogP) is 2.21. The second-order valence-electron chi connectivity index (χ2n) is 7.09. The number of aromatic amines is 1. The van der Waals surface area contributed by atoms with Crippen LogP contribution in [-0.2, 0) is 0 Å². The number of hydrogen-bond acceptors (Lipinski definition) is 3. The van der Waals surface area contributed by atoms with E-state index in [0.29, 0.717) is 35.9 Å². The number of amides is 1. The summed E-state index contributed by atoms with van der Waals surface area (Å²) in [5.41, 5.74) is 6.73. The fourth-order valence-corrected chi connectivity index (χ4v) is 4.27. The van der Waals surface area contributed by atoms with Crippen LogP contribution in [0.15, 0.2) is 23.0 Å². The van der Waals surface area contributed by atoms with Crippen LogP contribution >= 0.6 is 12.4 Å². The van der Waals surface area contributed by atoms with E-state index >= 15 is 0 Å². The Kier molecular flexibility index (Phi) is 4.60. The minimum atomic E-state index is -0.517. The van der Waals surface area contributed by atoms with Crippen LogP contribution in [0, 0.1) is 24.6 Å². The number of hydrogen-bond donors (Lipinski definition) is 2. The first-order chi connectivity index (χ1) is 11.4. The monoisotopic (exact) mass is 365 g/mol. The van der Waals surface area contributed by atoms with Crippen LogP contribution in [0.4, 0.5) is 4.39 Å². The van der Waals surface area contributed by atoms with Gasteiger partial charge >= 0.3 is 0 Å². The molecule has 2 aromatic rings. The summed E-state index contributed by atoms with van der Waals surface area (Å²) in [7, 11) is 0. The minimum absolute atomic E-state index is 0. The Morgan fingerprint density at radius 1 is 1.28 bits per heavy atom. The van der Waals surface area contributed by atoms with Gasteiger partial charge in [-0.3, -0.25) is 9.59 Å². The fourth-order valence-electron chi connectivity index (χ4n) is 4.27. The summed E-state index contributed by atoms with van der Waals surface area (Å²) in [4.78, 5) is 29.1. The number of aryl methyl sites for hydroxylation is 1. The summed E-state index contributed by atoms with van der Waals surface area (Å²) in [6.07, 6.45) is 2.05. The van der Waals surface area contributed by atoms with Gasteiger partial charge in [0.05, 0.1) is 11.1 Å². The Bertz CT molecular complexity index is 898. The molecule has 3 atom stereocenters. The SMILES string of the molecule is Cc1cc(F)c2[nH]c(=O)cc(C(=O)N3CC4CCC(N)C4C3)c2c1.Cl. The van der Waals surface area contributed by atoms with Crippen LogP contribution in [-0.4, -0.2) is 34.9 Å². The van der Waals surface area contributed by atoms with E-state index in [-0.39, 0.29) is 35.4 Å². The molecule has 1 saturated heterocycles. The van der Waals surface area contributed by atoms with E-state index in [1.54, 1.807) is 17.9 Å². The Labute approximate surface area is 150 Å². The number of nitrogens with two attached hydrogens (primary N) is 1. The first-order valence-corrected chi connectivity index (χ1v) is 8.32. The summed E-state index contributed by atoms with van der Waals surface area (Å²) < 4.78 is 14.2. The molecule has 0 bridgehead atoms. The van der Waals surface area contributed by atoms with E-state index in [4.69, 9.17) is 5.73 Å². The van der Waals surface area contributed by atoms with Gasteiger partial charge in [-0.15, -0.1) is 12.4 Å². The number of fused-ring (bicyclic) bond motifs is 2. The molecule has 2 fully saturated rings.